The summed E-state index contributed by atoms with van der Waals surface area (Å²) >= 11 is 0. The normalized spacial score (nSPS) is 27.8. The lowest BCUT2D eigenvalue weighted by Crippen LogP contribution is -2.60. The number of amides is 1. The molecule has 132 valence electrons. The molecule has 2 heterocycles. The Morgan fingerprint density at radius 2 is 1.92 bits per heavy atom. The Morgan fingerprint density at radius 3 is 2.64 bits per heavy atom. The first-order valence-corrected chi connectivity index (χ1v) is 9.10. The molecule has 2 aliphatic rings. The number of piperidine rings is 1. The van der Waals surface area contributed by atoms with Crippen molar-refractivity contribution in [3.05, 3.63) is 41.7 Å². The van der Waals surface area contributed by atoms with Crippen molar-refractivity contribution in [1.29, 1.82) is 0 Å². The van der Waals surface area contributed by atoms with Crippen LogP contribution in [0.5, 0.6) is 0 Å². The second-order valence-corrected chi connectivity index (χ2v) is 8.41. The number of hydrogen-bond acceptors (Lipinski definition) is 3. The molecule has 4 rings (SSSR count). The minimum Gasteiger partial charge on any atom is -0.331 e. The van der Waals surface area contributed by atoms with Gasteiger partial charge in [0.15, 0.2) is 0 Å². The number of rotatable bonds is 3. The van der Waals surface area contributed by atoms with E-state index in [0.29, 0.717) is 18.9 Å². The molecule has 5 heteroatoms. The number of nitrogens with zero attached hydrogens (tertiary/aromatic N) is 4. The van der Waals surface area contributed by atoms with Gasteiger partial charge in [-0.1, -0.05) is 36.8 Å². The van der Waals surface area contributed by atoms with Crippen molar-refractivity contribution in [3.8, 4) is 5.69 Å². The number of aromatic nitrogens is 3. The van der Waals surface area contributed by atoms with Gasteiger partial charge in [-0.25, -0.2) is 4.68 Å². The van der Waals surface area contributed by atoms with Gasteiger partial charge in [-0.3, -0.25) is 4.79 Å². The third-order valence-corrected chi connectivity index (χ3v) is 6.87. The molecule has 1 amide bonds. The van der Waals surface area contributed by atoms with Crippen LogP contribution in [0.4, 0.5) is 0 Å². The summed E-state index contributed by atoms with van der Waals surface area (Å²) in [5, 5.41) is 8.58. The summed E-state index contributed by atoms with van der Waals surface area (Å²) in [6.45, 7) is 9.47. The molecular formula is C20H26N4O. The molecule has 1 aromatic heterocycles. The molecule has 2 bridgehead atoms. The minimum absolute atomic E-state index is 0.0966. The fourth-order valence-electron chi connectivity index (χ4n) is 4.63. The zero-order valence-electron chi connectivity index (χ0n) is 15.5. The van der Waals surface area contributed by atoms with E-state index in [1.54, 1.807) is 4.68 Å². The van der Waals surface area contributed by atoms with Gasteiger partial charge in [0.05, 0.1) is 18.4 Å². The fourth-order valence-corrected chi connectivity index (χ4v) is 4.63. The first kappa shape index (κ1) is 16.3. The summed E-state index contributed by atoms with van der Waals surface area (Å²) in [6.07, 6.45) is 4.81. The van der Waals surface area contributed by atoms with Gasteiger partial charge in [0, 0.05) is 12.0 Å². The van der Waals surface area contributed by atoms with Crippen LogP contribution in [-0.2, 0) is 11.3 Å². The summed E-state index contributed by atoms with van der Waals surface area (Å²) in [7, 11) is 0. The van der Waals surface area contributed by atoms with Crippen LogP contribution < -0.4 is 0 Å². The fraction of sp³-hybridized carbons (Fsp3) is 0.550. The number of hydrogen-bond donors (Lipinski definition) is 0. The Labute approximate surface area is 149 Å². The van der Waals surface area contributed by atoms with E-state index in [4.69, 9.17) is 0 Å². The van der Waals surface area contributed by atoms with Crippen LogP contribution in [0.1, 0.15) is 51.3 Å². The molecule has 25 heavy (non-hydrogen) atoms. The predicted octanol–water partition coefficient (Wildman–Crippen LogP) is 3.50. The average molecular weight is 338 g/mol. The third kappa shape index (κ3) is 2.40. The van der Waals surface area contributed by atoms with Crippen LogP contribution in [0.25, 0.3) is 5.69 Å². The monoisotopic (exact) mass is 338 g/mol. The molecule has 1 aliphatic carbocycles. The topological polar surface area (TPSA) is 51.0 Å². The van der Waals surface area contributed by atoms with E-state index in [9.17, 15) is 4.79 Å². The van der Waals surface area contributed by atoms with E-state index >= 15 is 0 Å². The zero-order valence-corrected chi connectivity index (χ0v) is 15.5. The number of likely N-dealkylation sites (tertiary alicyclic amines) is 1. The molecule has 2 fully saturated rings. The molecule has 1 saturated heterocycles. The lowest BCUT2D eigenvalue weighted by molar-refractivity contribution is -0.152. The highest BCUT2D eigenvalue weighted by Crippen LogP contribution is 2.57. The summed E-state index contributed by atoms with van der Waals surface area (Å²) in [5.74, 6) is 0.763. The van der Waals surface area contributed by atoms with E-state index in [0.717, 1.165) is 24.2 Å². The highest BCUT2D eigenvalue weighted by molar-refractivity contribution is 5.79. The van der Waals surface area contributed by atoms with Gasteiger partial charge in [-0.05, 0) is 50.2 Å². The van der Waals surface area contributed by atoms with Gasteiger partial charge in [-0.15, -0.1) is 5.10 Å². The van der Waals surface area contributed by atoms with Gasteiger partial charge < -0.3 is 4.90 Å². The molecule has 2 atom stereocenters. The van der Waals surface area contributed by atoms with Crippen molar-refractivity contribution in [2.75, 3.05) is 0 Å². The zero-order chi connectivity index (χ0) is 17.8. The molecule has 1 aromatic carbocycles. The average Bonchev–Trinajstić information content (AvgIpc) is 3.07. The van der Waals surface area contributed by atoms with Crippen molar-refractivity contribution in [2.45, 2.75) is 59.0 Å². The minimum atomic E-state index is -0.0966. The van der Waals surface area contributed by atoms with Crippen LogP contribution >= 0.6 is 0 Å². The third-order valence-electron chi connectivity index (χ3n) is 6.87. The summed E-state index contributed by atoms with van der Waals surface area (Å²) < 4.78 is 1.79. The summed E-state index contributed by atoms with van der Waals surface area (Å²) in [5.41, 5.74) is 3.10. The quantitative estimate of drug-likeness (QED) is 0.860. The highest BCUT2D eigenvalue weighted by Gasteiger charge is 2.59. The molecular weight excluding hydrogens is 312 g/mol. The number of carbonyl (C=O) groups is 1. The lowest BCUT2D eigenvalue weighted by atomic mass is 9.66. The second-order valence-electron chi connectivity index (χ2n) is 8.41. The Bertz CT molecular complexity index is 807. The van der Waals surface area contributed by atoms with Gasteiger partial charge in [0.1, 0.15) is 5.69 Å². The number of aryl methyl sites for hydroxylation is 1. The Hall–Kier alpha value is -2.17. The molecule has 0 radical (unpaired) electrons. The smallest absolute Gasteiger partial charge is 0.223 e. The van der Waals surface area contributed by atoms with Gasteiger partial charge >= 0.3 is 0 Å². The number of benzene rings is 1. The Balaban J connectivity index is 1.60. The van der Waals surface area contributed by atoms with Crippen LogP contribution in [0.2, 0.25) is 0 Å². The van der Waals surface area contributed by atoms with Crippen LogP contribution in [0.3, 0.4) is 0 Å². The van der Waals surface area contributed by atoms with Crippen LogP contribution in [0.15, 0.2) is 30.5 Å². The second kappa shape index (κ2) is 5.41. The maximum absolute atomic E-state index is 12.7. The van der Waals surface area contributed by atoms with Crippen molar-refractivity contribution in [2.24, 2.45) is 11.3 Å². The van der Waals surface area contributed by atoms with Crippen molar-refractivity contribution >= 4 is 5.91 Å². The first-order valence-electron chi connectivity index (χ1n) is 9.10. The summed E-state index contributed by atoms with van der Waals surface area (Å²) in [4.78, 5) is 14.8. The van der Waals surface area contributed by atoms with Crippen molar-refractivity contribution < 1.29 is 4.79 Å². The van der Waals surface area contributed by atoms with Crippen molar-refractivity contribution in [3.63, 3.8) is 0 Å². The molecule has 1 aliphatic heterocycles. The SMILES string of the molecule is Cc1ccc(-n2cc(CN3C(=O)C[C@@H]4CC[C@@]3(C)C4(C)C)nn2)cc1. The number of fused-ring (bicyclic) bond motifs is 2. The maximum atomic E-state index is 12.7. The Kier molecular flexibility index (Phi) is 3.53. The molecule has 0 N–H and O–H groups in total. The van der Waals surface area contributed by atoms with E-state index in [-0.39, 0.29) is 16.9 Å². The maximum Gasteiger partial charge on any atom is 0.223 e. The molecule has 0 spiro atoms. The molecule has 2 aromatic rings. The van der Waals surface area contributed by atoms with Gasteiger partial charge in [0.2, 0.25) is 5.91 Å². The molecule has 5 nitrogen and oxygen atoms in total. The lowest BCUT2D eigenvalue weighted by Gasteiger charge is -2.52. The Morgan fingerprint density at radius 1 is 1.20 bits per heavy atom. The standard InChI is InChI=1S/C20H26N4O/c1-14-5-7-17(8-6-14)24-13-16(21-22-24)12-23-18(25)11-15-9-10-20(23,4)19(15,2)3/h5-8,13,15H,9-12H2,1-4H3/t15-,20-/m0/s1. The van der Waals surface area contributed by atoms with Crippen LogP contribution in [0, 0.1) is 18.3 Å². The van der Waals surface area contributed by atoms with Crippen molar-refractivity contribution in [1.82, 2.24) is 19.9 Å². The van der Waals surface area contributed by atoms with Gasteiger partial charge in [0.25, 0.3) is 0 Å². The first-order chi connectivity index (χ1) is 11.8. The predicted molar refractivity (Wildman–Crippen MR) is 96.2 cm³/mol. The largest absolute Gasteiger partial charge is 0.331 e. The van der Waals surface area contributed by atoms with E-state index in [1.807, 2.05) is 18.3 Å². The molecule has 0 unspecified atom stereocenters. The van der Waals surface area contributed by atoms with E-state index in [2.05, 4.69) is 55.0 Å². The van der Waals surface area contributed by atoms with E-state index in [1.165, 1.54) is 5.56 Å². The number of carbonyl (C=O) groups excluding carboxylic acids is 1. The van der Waals surface area contributed by atoms with Crippen LogP contribution in [-0.4, -0.2) is 31.3 Å². The molecule has 1 saturated carbocycles. The highest BCUT2D eigenvalue weighted by atomic mass is 16.2. The summed E-state index contributed by atoms with van der Waals surface area (Å²) in [6, 6.07) is 8.19. The van der Waals surface area contributed by atoms with E-state index < -0.39 is 0 Å². The van der Waals surface area contributed by atoms with Gasteiger partial charge in [-0.2, -0.15) is 0 Å².